The van der Waals surface area contributed by atoms with Gasteiger partial charge < -0.3 is 20.2 Å². The normalized spacial score (nSPS) is 20.2. The van der Waals surface area contributed by atoms with Crippen LogP contribution in [0.25, 0.3) is 0 Å². The molecule has 2 fully saturated rings. The molecule has 0 unspecified atom stereocenters. The van der Waals surface area contributed by atoms with Crippen LogP contribution in [0.4, 0.5) is 10.1 Å². The Morgan fingerprint density at radius 3 is 2.52 bits per heavy atom. The average molecular weight is 377 g/mol. The minimum Gasteiger partial charge on any atom is -0.393 e. The second-order valence-electron chi connectivity index (χ2n) is 7.84. The number of piperidine rings is 2. The first-order valence-electron chi connectivity index (χ1n) is 10.3. The number of hydrogen-bond donors (Lipinski definition) is 2. The fraction of sp³-hybridized carbons (Fsp3) is 0.667. The Morgan fingerprint density at radius 1 is 1.19 bits per heavy atom. The van der Waals surface area contributed by atoms with Crippen LogP contribution in [0.2, 0.25) is 0 Å². The van der Waals surface area contributed by atoms with Crippen molar-refractivity contribution in [2.24, 2.45) is 10.9 Å². The fourth-order valence-corrected chi connectivity index (χ4v) is 3.82. The standard InChI is InChI=1S/C21H33FN4O/c1-3-23-21(26-10-6-16(2)7-11-26)24-15-17-4-5-20(19(22)14-17)25-12-8-18(27)9-13-25/h4-5,14,16,18,27H,3,6-13,15H2,1-2H3,(H,23,24). The van der Waals surface area contributed by atoms with Crippen LogP contribution in [-0.4, -0.2) is 54.8 Å². The van der Waals surface area contributed by atoms with E-state index in [1.165, 1.54) is 12.8 Å². The van der Waals surface area contributed by atoms with E-state index in [-0.39, 0.29) is 11.9 Å². The number of benzene rings is 1. The first-order chi connectivity index (χ1) is 13.1. The van der Waals surface area contributed by atoms with Gasteiger partial charge in [-0.15, -0.1) is 0 Å². The third kappa shape index (κ3) is 5.34. The van der Waals surface area contributed by atoms with E-state index in [1.54, 1.807) is 6.07 Å². The Labute approximate surface area is 162 Å². The Kier molecular flexibility index (Phi) is 6.94. The van der Waals surface area contributed by atoms with Crippen LogP contribution in [0.5, 0.6) is 0 Å². The number of nitrogens with zero attached hydrogens (tertiary/aromatic N) is 3. The smallest absolute Gasteiger partial charge is 0.194 e. The van der Waals surface area contributed by atoms with Crippen molar-refractivity contribution in [3.8, 4) is 0 Å². The van der Waals surface area contributed by atoms with Crippen LogP contribution in [0.1, 0.15) is 45.1 Å². The van der Waals surface area contributed by atoms with Gasteiger partial charge in [0.25, 0.3) is 0 Å². The summed E-state index contributed by atoms with van der Waals surface area (Å²) in [6.07, 6.45) is 3.54. The van der Waals surface area contributed by atoms with E-state index in [2.05, 4.69) is 24.1 Å². The highest BCUT2D eigenvalue weighted by Gasteiger charge is 2.20. The minimum absolute atomic E-state index is 0.198. The second kappa shape index (κ2) is 9.40. The zero-order chi connectivity index (χ0) is 19.2. The Balaban J connectivity index is 1.65. The molecule has 0 atom stereocenters. The lowest BCUT2D eigenvalue weighted by molar-refractivity contribution is 0.145. The van der Waals surface area contributed by atoms with E-state index in [9.17, 15) is 9.50 Å². The molecular formula is C21H33FN4O. The topological polar surface area (TPSA) is 51.1 Å². The molecule has 0 aromatic heterocycles. The van der Waals surface area contributed by atoms with E-state index in [0.717, 1.165) is 37.1 Å². The molecule has 2 heterocycles. The summed E-state index contributed by atoms with van der Waals surface area (Å²) in [6, 6.07) is 5.42. The molecule has 0 aliphatic carbocycles. The zero-order valence-corrected chi connectivity index (χ0v) is 16.6. The van der Waals surface area contributed by atoms with Gasteiger partial charge in [-0.2, -0.15) is 0 Å². The molecule has 0 spiro atoms. The van der Waals surface area contributed by atoms with Crippen molar-refractivity contribution in [1.29, 1.82) is 0 Å². The predicted octanol–water partition coefficient (Wildman–Crippen LogP) is 2.98. The molecule has 6 heteroatoms. The van der Waals surface area contributed by atoms with Crippen LogP contribution in [0.15, 0.2) is 23.2 Å². The molecule has 1 aromatic rings. The van der Waals surface area contributed by atoms with Gasteiger partial charge in [0.2, 0.25) is 0 Å². The summed E-state index contributed by atoms with van der Waals surface area (Å²) < 4.78 is 14.6. The molecule has 5 nitrogen and oxygen atoms in total. The summed E-state index contributed by atoms with van der Waals surface area (Å²) >= 11 is 0. The van der Waals surface area contributed by atoms with E-state index < -0.39 is 0 Å². The van der Waals surface area contributed by atoms with Gasteiger partial charge in [-0.1, -0.05) is 13.0 Å². The minimum atomic E-state index is -0.250. The molecule has 0 radical (unpaired) electrons. The number of guanidine groups is 1. The molecule has 3 rings (SSSR count). The summed E-state index contributed by atoms with van der Waals surface area (Å²) in [7, 11) is 0. The lowest BCUT2D eigenvalue weighted by Crippen LogP contribution is -2.45. The maximum atomic E-state index is 14.6. The largest absolute Gasteiger partial charge is 0.393 e. The SMILES string of the molecule is CCNC(=NCc1ccc(N2CCC(O)CC2)c(F)c1)N1CCC(C)CC1. The first-order valence-corrected chi connectivity index (χ1v) is 10.3. The highest BCUT2D eigenvalue weighted by atomic mass is 19.1. The van der Waals surface area contributed by atoms with Gasteiger partial charge in [-0.3, -0.25) is 0 Å². The number of likely N-dealkylation sites (tertiary alicyclic amines) is 1. The Hall–Kier alpha value is -1.82. The molecule has 0 bridgehead atoms. The Bertz CT molecular complexity index is 635. The molecule has 2 aliphatic rings. The summed E-state index contributed by atoms with van der Waals surface area (Å²) in [6.45, 7) is 9.15. The lowest BCUT2D eigenvalue weighted by atomic mass is 10.00. The lowest BCUT2D eigenvalue weighted by Gasteiger charge is -2.33. The number of rotatable bonds is 4. The summed E-state index contributed by atoms with van der Waals surface area (Å²) in [5, 5.41) is 13.0. The van der Waals surface area contributed by atoms with Crippen molar-refractivity contribution in [3.63, 3.8) is 0 Å². The first kappa shape index (κ1) is 19.9. The van der Waals surface area contributed by atoms with Crippen molar-refractivity contribution in [2.45, 2.75) is 52.2 Å². The summed E-state index contributed by atoms with van der Waals surface area (Å²) in [5.41, 5.74) is 1.51. The average Bonchev–Trinajstić information content (AvgIpc) is 2.67. The number of aliphatic imine (C=N–C) groups is 1. The van der Waals surface area contributed by atoms with Crippen molar-refractivity contribution < 1.29 is 9.50 Å². The maximum absolute atomic E-state index is 14.6. The third-order valence-electron chi connectivity index (χ3n) is 5.65. The number of halogens is 1. The summed E-state index contributed by atoms with van der Waals surface area (Å²) in [5.74, 6) is 1.51. The molecule has 0 amide bonds. The second-order valence-corrected chi connectivity index (χ2v) is 7.84. The molecular weight excluding hydrogens is 343 g/mol. The van der Waals surface area contributed by atoms with Gasteiger partial charge >= 0.3 is 0 Å². The van der Waals surface area contributed by atoms with Gasteiger partial charge in [0.15, 0.2) is 5.96 Å². The monoisotopic (exact) mass is 376 g/mol. The summed E-state index contributed by atoms with van der Waals surface area (Å²) in [4.78, 5) is 9.08. The van der Waals surface area contributed by atoms with Crippen LogP contribution < -0.4 is 10.2 Å². The number of aliphatic hydroxyl groups excluding tert-OH is 1. The molecule has 150 valence electrons. The van der Waals surface area contributed by atoms with Crippen LogP contribution in [0, 0.1) is 11.7 Å². The van der Waals surface area contributed by atoms with Crippen LogP contribution in [-0.2, 0) is 6.54 Å². The highest BCUT2D eigenvalue weighted by Crippen LogP contribution is 2.24. The molecule has 27 heavy (non-hydrogen) atoms. The Morgan fingerprint density at radius 2 is 1.89 bits per heavy atom. The number of nitrogens with one attached hydrogen (secondary N) is 1. The number of anilines is 1. The van der Waals surface area contributed by atoms with Crippen LogP contribution in [0.3, 0.4) is 0 Å². The highest BCUT2D eigenvalue weighted by molar-refractivity contribution is 5.80. The predicted molar refractivity (Wildman–Crippen MR) is 109 cm³/mol. The molecule has 2 aliphatic heterocycles. The number of aliphatic hydroxyl groups is 1. The molecule has 0 saturated carbocycles. The van der Waals surface area contributed by atoms with E-state index in [0.29, 0.717) is 38.2 Å². The van der Waals surface area contributed by atoms with Gasteiger partial charge in [-0.25, -0.2) is 9.38 Å². The number of hydrogen-bond acceptors (Lipinski definition) is 3. The maximum Gasteiger partial charge on any atom is 0.194 e. The van der Waals surface area contributed by atoms with Crippen molar-refractivity contribution in [2.75, 3.05) is 37.6 Å². The van der Waals surface area contributed by atoms with Crippen molar-refractivity contribution >= 4 is 11.6 Å². The van der Waals surface area contributed by atoms with E-state index in [4.69, 9.17) is 4.99 Å². The fourth-order valence-electron chi connectivity index (χ4n) is 3.82. The van der Waals surface area contributed by atoms with Crippen molar-refractivity contribution in [1.82, 2.24) is 10.2 Å². The third-order valence-corrected chi connectivity index (χ3v) is 5.65. The van der Waals surface area contributed by atoms with Crippen LogP contribution >= 0.6 is 0 Å². The quantitative estimate of drug-likeness (QED) is 0.627. The van der Waals surface area contributed by atoms with Crippen molar-refractivity contribution in [3.05, 3.63) is 29.6 Å². The molecule has 1 aromatic carbocycles. The van der Waals surface area contributed by atoms with Gasteiger partial charge in [0.05, 0.1) is 18.3 Å². The van der Waals surface area contributed by atoms with Gasteiger partial charge in [0.1, 0.15) is 5.82 Å². The molecule has 2 N–H and O–H groups in total. The molecule has 2 saturated heterocycles. The zero-order valence-electron chi connectivity index (χ0n) is 16.6. The van der Waals surface area contributed by atoms with E-state index >= 15 is 0 Å². The van der Waals surface area contributed by atoms with E-state index in [1.807, 2.05) is 17.0 Å². The van der Waals surface area contributed by atoms with Gasteiger partial charge in [0, 0.05) is 32.7 Å². The van der Waals surface area contributed by atoms with Gasteiger partial charge in [-0.05, 0) is 56.2 Å².